The van der Waals surface area contributed by atoms with E-state index in [4.69, 9.17) is 4.74 Å². The van der Waals surface area contributed by atoms with Gasteiger partial charge in [0.15, 0.2) is 0 Å². The van der Waals surface area contributed by atoms with Gasteiger partial charge in [0, 0.05) is 18.0 Å². The highest BCUT2D eigenvalue weighted by Gasteiger charge is 2.23. The molecule has 0 fully saturated rings. The van der Waals surface area contributed by atoms with E-state index in [1.165, 1.54) is 5.56 Å². The van der Waals surface area contributed by atoms with Gasteiger partial charge in [0.2, 0.25) is 0 Å². The minimum absolute atomic E-state index is 0.532. The Morgan fingerprint density at radius 1 is 1.43 bits per heavy atom. The molecule has 0 saturated carbocycles. The maximum atomic E-state index is 5.62. The fourth-order valence-electron chi connectivity index (χ4n) is 2.00. The molecule has 1 atom stereocenters. The molecule has 14 heavy (non-hydrogen) atoms. The normalized spacial score (nSPS) is 20.4. The van der Waals surface area contributed by atoms with Gasteiger partial charge in [-0.2, -0.15) is 0 Å². The first-order valence-corrected chi connectivity index (χ1v) is 5.25. The van der Waals surface area contributed by atoms with Crippen molar-refractivity contribution in [2.45, 2.75) is 19.4 Å². The molecule has 1 unspecified atom stereocenters. The van der Waals surface area contributed by atoms with Gasteiger partial charge < -0.3 is 4.74 Å². The predicted octanol–water partition coefficient (Wildman–Crippen LogP) is 2.46. The van der Waals surface area contributed by atoms with Crippen LogP contribution in [-0.4, -0.2) is 25.1 Å². The molecular formula is C12H17NO. The average molecular weight is 191 g/mol. The number of para-hydroxylation sites is 1. The Kier molecular flexibility index (Phi) is 2.73. The van der Waals surface area contributed by atoms with Crippen LogP contribution in [0.3, 0.4) is 0 Å². The summed E-state index contributed by atoms with van der Waals surface area (Å²) in [5.41, 5.74) is 1.34. The Hall–Kier alpha value is -1.02. The van der Waals surface area contributed by atoms with E-state index in [2.05, 4.69) is 37.1 Å². The molecule has 1 aliphatic heterocycles. The summed E-state index contributed by atoms with van der Waals surface area (Å²) in [7, 11) is 2.17. The summed E-state index contributed by atoms with van der Waals surface area (Å²) in [6.45, 7) is 4.11. The van der Waals surface area contributed by atoms with E-state index in [0.29, 0.717) is 6.04 Å². The Morgan fingerprint density at radius 3 is 3.00 bits per heavy atom. The molecular weight excluding hydrogens is 174 g/mol. The number of fused-ring (bicyclic) bond motifs is 1. The van der Waals surface area contributed by atoms with Gasteiger partial charge in [0.05, 0.1) is 6.61 Å². The van der Waals surface area contributed by atoms with Crippen molar-refractivity contribution >= 4 is 0 Å². The Bertz CT molecular complexity index is 311. The lowest BCUT2D eigenvalue weighted by molar-refractivity contribution is 0.172. The molecule has 1 aromatic rings. The van der Waals surface area contributed by atoms with E-state index in [0.717, 1.165) is 25.3 Å². The quantitative estimate of drug-likeness (QED) is 0.712. The Balaban J connectivity index is 2.30. The summed E-state index contributed by atoms with van der Waals surface area (Å²) >= 11 is 0. The highest BCUT2D eigenvalue weighted by atomic mass is 16.5. The van der Waals surface area contributed by atoms with Gasteiger partial charge in [-0.1, -0.05) is 25.1 Å². The van der Waals surface area contributed by atoms with Crippen LogP contribution in [0.4, 0.5) is 0 Å². The van der Waals surface area contributed by atoms with E-state index in [1.54, 1.807) is 0 Å². The van der Waals surface area contributed by atoms with Crippen LogP contribution in [0.2, 0.25) is 0 Å². The minimum Gasteiger partial charge on any atom is -0.493 e. The highest BCUT2D eigenvalue weighted by molar-refractivity contribution is 5.37. The van der Waals surface area contributed by atoms with Gasteiger partial charge in [0.25, 0.3) is 0 Å². The summed E-state index contributed by atoms with van der Waals surface area (Å²) in [6.07, 6.45) is 1.10. The third-order valence-electron chi connectivity index (χ3n) is 2.96. The molecule has 1 heterocycles. The second-order valence-corrected chi connectivity index (χ2v) is 3.76. The van der Waals surface area contributed by atoms with Gasteiger partial charge in [0.1, 0.15) is 5.75 Å². The summed E-state index contributed by atoms with van der Waals surface area (Å²) < 4.78 is 5.62. The van der Waals surface area contributed by atoms with E-state index in [-0.39, 0.29) is 0 Å². The van der Waals surface area contributed by atoms with Crippen molar-refractivity contribution in [3.63, 3.8) is 0 Å². The highest BCUT2D eigenvalue weighted by Crippen LogP contribution is 2.34. The first-order valence-electron chi connectivity index (χ1n) is 5.25. The molecule has 2 nitrogen and oxygen atoms in total. The van der Waals surface area contributed by atoms with Gasteiger partial charge in [-0.3, -0.25) is 4.90 Å². The Labute approximate surface area is 85.5 Å². The van der Waals surface area contributed by atoms with E-state index in [9.17, 15) is 0 Å². The molecule has 76 valence electrons. The van der Waals surface area contributed by atoms with Gasteiger partial charge in [-0.15, -0.1) is 0 Å². The average Bonchev–Trinajstić information content (AvgIpc) is 2.27. The van der Waals surface area contributed by atoms with Crippen molar-refractivity contribution in [2.75, 3.05) is 20.2 Å². The first-order chi connectivity index (χ1) is 6.83. The fraction of sp³-hybridized carbons (Fsp3) is 0.500. The van der Waals surface area contributed by atoms with Crippen molar-refractivity contribution in [1.82, 2.24) is 4.90 Å². The third kappa shape index (κ3) is 1.62. The van der Waals surface area contributed by atoms with Crippen molar-refractivity contribution in [3.8, 4) is 5.75 Å². The standard InChI is InChI=1S/C12H17NO/c1-3-13(2)11-8-9-14-12-7-5-4-6-10(11)12/h4-7,11H,3,8-9H2,1-2H3. The molecule has 0 radical (unpaired) electrons. The van der Waals surface area contributed by atoms with E-state index in [1.807, 2.05) is 6.07 Å². The molecule has 2 heteroatoms. The van der Waals surface area contributed by atoms with Crippen LogP contribution in [-0.2, 0) is 0 Å². The largest absolute Gasteiger partial charge is 0.493 e. The number of hydrogen-bond donors (Lipinski definition) is 0. The van der Waals surface area contributed by atoms with Crippen molar-refractivity contribution in [1.29, 1.82) is 0 Å². The monoisotopic (exact) mass is 191 g/mol. The fourth-order valence-corrected chi connectivity index (χ4v) is 2.00. The first kappa shape index (κ1) is 9.53. The number of ether oxygens (including phenoxy) is 1. The van der Waals surface area contributed by atoms with Crippen LogP contribution >= 0.6 is 0 Å². The summed E-state index contributed by atoms with van der Waals surface area (Å²) in [4.78, 5) is 2.38. The van der Waals surface area contributed by atoms with Crippen LogP contribution in [0.15, 0.2) is 24.3 Å². The van der Waals surface area contributed by atoms with Crippen molar-refractivity contribution in [2.24, 2.45) is 0 Å². The topological polar surface area (TPSA) is 12.5 Å². The molecule has 0 aliphatic carbocycles. The summed E-state index contributed by atoms with van der Waals surface area (Å²) in [5, 5.41) is 0. The maximum absolute atomic E-state index is 5.62. The lowest BCUT2D eigenvalue weighted by Gasteiger charge is -2.32. The molecule has 0 amide bonds. The smallest absolute Gasteiger partial charge is 0.124 e. The van der Waals surface area contributed by atoms with Crippen molar-refractivity contribution in [3.05, 3.63) is 29.8 Å². The summed E-state index contributed by atoms with van der Waals surface area (Å²) in [5.74, 6) is 1.06. The molecule has 0 aromatic heterocycles. The predicted molar refractivity (Wildman–Crippen MR) is 57.6 cm³/mol. The number of benzene rings is 1. The Morgan fingerprint density at radius 2 is 2.21 bits per heavy atom. The van der Waals surface area contributed by atoms with Gasteiger partial charge in [-0.25, -0.2) is 0 Å². The number of hydrogen-bond acceptors (Lipinski definition) is 2. The zero-order chi connectivity index (χ0) is 9.97. The van der Waals surface area contributed by atoms with Gasteiger partial charge >= 0.3 is 0 Å². The van der Waals surface area contributed by atoms with Crippen LogP contribution in [0.5, 0.6) is 5.75 Å². The lowest BCUT2D eigenvalue weighted by Crippen LogP contribution is -2.29. The van der Waals surface area contributed by atoms with Crippen LogP contribution in [0, 0.1) is 0 Å². The third-order valence-corrected chi connectivity index (χ3v) is 2.96. The van der Waals surface area contributed by atoms with E-state index >= 15 is 0 Å². The van der Waals surface area contributed by atoms with Crippen LogP contribution in [0.25, 0.3) is 0 Å². The van der Waals surface area contributed by atoms with Crippen molar-refractivity contribution < 1.29 is 4.74 Å². The molecule has 1 aliphatic rings. The molecule has 2 rings (SSSR count). The molecule has 0 bridgehead atoms. The maximum Gasteiger partial charge on any atom is 0.124 e. The van der Waals surface area contributed by atoms with Crippen LogP contribution in [0.1, 0.15) is 24.9 Å². The molecule has 0 saturated heterocycles. The SMILES string of the molecule is CCN(C)C1CCOc2ccccc21. The van der Waals surface area contributed by atoms with Gasteiger partial charge in [-0.05, 0) is 19.7 Å². The molecule has 0 spiro atoms. The summed E-state index contributed by atoms with van der Waals surface area (Å²) in [6, 6.07) is 8.89. The van der Waals surface area contributed by atoms with E-state index < -0.39 is 0 Å². The number of nitrogens with zero attached hydrogens (tertiary/aromatic N) is 1. The molecule has 1 aromatic carbocycles. The minimum atomic E-state index is 0.532. The second kappa shape index (κ2) is 4.01. The number of rotatable bonds is 2. The lowest BCUT2D eigenvalue weighted by atomic mass is 9.99. The zero-order valence-electron chi connectivity index (χ0n) is 8.86. The van der Waals surface area contributed by atoms with Crippen LogP contribution < -0.4 is 4.74 Å². The molecule has 0 N–H and O–H groups in total. The zero-order valence-corrected chi connectivity index (χ0v) is 8.86. The second-order valence-electron chi connectivity index (χ2n) is 3.76.